The number of ether oxygens (including phenoxy) is 1. The molecular formula is C25H43N5O2. The van der Waals surface area contributed by atoms with Crippen LogP contribution in [-0.4, -0.2) is 81.1 Å². The molecule has 0 aromatic heterocycles. The summed E-state index contributed by atoms with van der Waals surface area (Å²) in [5.74, 6) is 1.91. The lowest BCUT2D eigenvalue weighted by Gasteiger charge is -2.37. The Bertz CT molecular complexity index is 680. The second-order valence-corrected chi connectivity index (χ2v) is 9.32. The molecule has 180 valence electrons. The van der Waals surface area contributed by atoms with Crippen LogP contribution in [0.2, 0.25) is 0 Å². The number of aliphatic hydroxyl groups excluding tert-OH is 1. The van der Waals surface area contributed by atoms with E-state index in [-0.39, 0.29) is 0 Å². The number of piperidine rings is 1. The first kappa shape index (κ1) is 24.8. The molecule has 32 heavy (non-hydrogen) atoms. The third-order valence-electron chi connectivity index (χ3n) is 6.70. The number of rotatable bonds is 9. The molecule has 1 aromatic carbocycles. The van der Waals surface area contributed by atoms with Gasteiger partial charge in [0.1, 0.15) is 0 Å². The molecule has 0 bridgehead atoms. The van der Waals surface area contributed by atoms with Crippen LogP contribution < -0.4 is 15.5 Å². The van der Waals surface area contributed by atoms with Gasteiger partial charge in [-0.3, -0.25) is 4.90 Å². The Kier molecular flexibility index (Phi) is 10.1. The minimum absolute atomic E-state index is 0.317. The van der Waals surface area contributed by atoms with E-state index in [4.69, 9.17) is 9.73 Å². The first-order chi connectivity index (χ1) is 15.6. The fourth-order valence-electron chi connectivity index (χ4n) is 4.59. The first-order valence-corrected chi connectivity index (χ1v) is 12.4. The Morgan fingerprint density at radius 3 is 2.38 bits per heavy atom. The summed E-state index contributed by atoms with van der Waals surface area (Å²) >= 11 is 0. The predicted octanol–water partition coefficient (Wildman–Crippen LogP) is 2.31. The lowest BCUT2D eigenvalue weighted by molar-refractivity contribution is 0.00752. The number of hydrogen-bond acceptors (Lipinski definition) is 5. The van der Waals surface area contributed by atoms with Gasteiger partial charge in [0.25, 0.3) is 0 Å². The third kappa shape index (κ3) is 7.36. The maximum Gasteiger partial charge on any atom is 0.191 e. The molecule has 1 unspecified atom stereocenters. The number of morpholine rings is 1. The largest absolute Gasteiger partial charge is 0.396 e. The highest BCUT2D eigenvalue weighted by molar-refractivity contribution is 5.79. The van der Waals surface area contributed by atoms with Gasteiger partial charge in [0.05, 0.1) is 19.8 Å². The zero-order chi connectivity index (χ0) is 22.8. The number of guanidine groups is 1. The van der Waals surface area contributed by atoms with Crippen molar-refractivity contribution in [3.63, 3.8) is 0 Å². The number of aliphatic hydroxyl groups is 1. The number of nitrogens with one attached hydrogen (secondary N) is 2. The molecule has 1 atom stereocenters. The van der Waals surface area contributed by atoms with E-state index < -0.39 is 0 Å². The van der Waals surface area contributed by atoms with Gasteiger partial charge < -0.3 is 25.4 Å². The number of benzene rings is 1. The molecule has 0 amide bonds. The van der Waals surface area contributed by atoms with Crippen molar-refractivity contribution in [2.45, 2.75) is 46.2 Å². The van der Waals surface area contributed by atoms with Crippen molar-refractivity contribution in [2.24, 2.45) is 16.8 Å². The summed E-state index contributed by atoms with van der Waals surface area (Å²) in [6.07, 6.45) is 2.14. The Balaban J connectivity index is 1.53. The minimum Gasteiger partial charge on any atom is -0.396 e. The molecule has 0 radical (unpaired) electrons. The van der Waals surface area contributed by atoms with Gasteiger partial charge in [0.2, 0.25) is 0 Å². The van der Waals surface area contributed by atoms with Gasteiger partial charge in [-0.2, -0.15) is 0 Å². The summed E-state index contributed by atoms with van der Waals surface area (Å²) in [5, 5.41) is 16.3. The Morgan fingerprint density at radius 1 is 1.09 bits per heavy atom. The predicted molar refractivity (Wildman–Crippen MR) is 132 cm³/mol. The normalized spacial score (nSPS) is 19.9. The second kappa shape index (κ2) is 13.0. The van der Waals surface area contributed by atoms with Crippen LogP contribution in [0.25, 0.3) is 0 Å². The molecule has 7 nitrogen and oxygen atoms in total. The summed E-state index contributed by atoms with van der Waals surface area (Å²) in [4.78, 5) is 9.79. The molecule has 3 N–H and O–H groups in total. The average molecular weight is 446 g/mol. The van der Waals surface area contributed by atoms with Crippen LogP contribution in [0.4, 0.5) is 5.69 Å². The van der Waals surface area contributed by atoms with Crippen molar-refractivity contribution in [2.75, 3.05) is 64.0 Å². The smallest absolute Gasteiger partial charge is 0.191 e. The zero-order valence-electron chi connectivity index (χ0n) is 20.2. The minimum atomic E-state index is 0.317. The van der Waals surface area contributed by atoms with Crippen LogP contribution in [-0.2, 0) is 11.3 Å². The molecule has 0 saturated carbocycles. The van der Waals surface area contributed by atoms with Gasteiger partial charge in [-0.25, -0.2) is 4.99 Å². The monoisotopic (exact) mass is 445 g/mol. The molecule has 2 aliphatic rings. The van der Waals surface area contributed by atoms with Crippen LogP contribution in [0.1, 0.15) is 39.2 Å². The highest BCUT2D eigenvalue weighted by atomic mass is 16.5. The van der Waals surface area contributed by atoms with Crippen molar-refractivity contribution in [1.29, 1.82) is 0 Å². The quantitative estimate of drug-likeness (QED) is 0.400. The van der Waals surface area contributed by atoms with Crippen LogP contribution in [0.3, 0.4) is 0 Å². The van der Waals surface area contributed by atoms with Crippen LogP contribution in [0.15, 0.2) is 29.3 Å². The molecule has 0 spiro atoms. The fourth-order valence-corrected chi connectivity index (χ4v) is 4.59. The van der Waals surface area contributed by atoms with E-state index in [0.717, 1.165) is 71.3 Å². The van der Waals surface area contributed by atoms with Crippen LogP contribution in [0, 0.1) is 11.8 Å². The standard InChI is InChI=1S/C25H43N5O2/c1-4-26-25(28-18-24(20(2)3)30-13-15-32-16-14-30)27-17-21-5-7-23(8-6-21)29-11-9-22(19-31)10-12-29/h5-8,20,22,24,31H,4,9-19H2,1-3H3,(H2,26,27,28). The summed E-state index contributed by atoms with van der Waals surface area (Å²) in [6.45, 7) is 15.1. The molecule has 7 heteroatoms. The molecule has 2 fully saturated rings. The summed E-state index contributed by atoms with van der Waals surface area (Å²) in [6, 6.07) is 9.25. The highest BCUT2D eigenvalue weighted by Crippen LogP contribution is 2.23. The van der Waals surface area contributed by atoms with E-state index in [1.54, 1.807) is 0 Å². The zero-order valence-corrected chi connectivity index (χ0v) is 20.2. The van der Waals surface area contributed by atoms with Gasteiger partial charge in [0.15, 0.2) is 5.96 Å². The topological polar surface area (TPSA) is 72.4 Å². The first-order valence-electron chi connectivity index (χ1n) is 12.4. The van der Waals surface area contributed by atoms with Gasteiger partial charge >= 0.3 is 0 Å². The number of aliphatic imine (C=N–C) groups is 1. The van der Waals surface area contributed by atoms with E-state index in [2.05, 4.69) is 65.5 Å². The van der Waals surface area contributed by atoms with Crippen molar-refractivity contribution in [3.05, 3.63) is 29.8 Å². The van der Waals surface area contributed by atoms with Gasteiger partial charge in [-0.05, 0) is 49.3 Å². The summed E-state index contributed by atoms with van der Waals surface area (Å²) in [5.41, 5.74) is 2.48. The Hall–Kier alpha value is -1.83. The van der Waals surface area contributed by atoms with Crippen molar-refractivity contribution >= 4 is 11.6 Å². The van der Waals surface area contributed by atoms with E-state index >= 15 is 0 Å². The van der Waals surface area contributed by atoms with Crippen molar-refractivity contribution in [1.82, 2.24) is 15.5 Å². The van der Waals surface area contributed by atoms with Gasteiger partial charge in [0, 0.05) is 57.6 Å². The Labute approximate surface area is 194 Å². The molecule has 1 aromatic rings. The average Bonchev–Trinajstić information content (AvgIpc) is 2.83. The molecule has 2 saturated heterocycles. The number of hydrogen-bond donors (Lipinski definition) is 3. The molecule has 2 heterocycles. The third-order valence-corrected chi connectivity index (χ3v) is 6.70. The van der Waals surface area contributed by atoms with E-state index in [9.17, 15) is 5.11 Å². The fraction of sp³-hybridized carbons (Fsp3) is 0.720. The van der Waals surface area contributed by atoms with E-state index in [1.165, 1.54) is 11.3 Å². The maximum absolute atomic E-state index is 9.34. The Morgan fingerprint density at radius 2 is 1.78 bits per heavy atom. The van der Waals surface area contributed by atoms with Gasteiger partial charge in [-0.15, -0.1) is 0 Å². The van der Waals surface area contributed by atoms with Gasteiger partial charge in [-0.1, -0.05) is 26.0 Å². The second-order valence-electron chi connectivity index (χ2n) is 9.32. The van der Waals surface area contributed by atoms with Crippen molar-refractivity contribution < 1.29 is 9.84 Å². The van der Waals surface area contributed by atoms with Crippen LogP contribution in [0.5, 0.6) is 0 Å². The number of nitrogens with zero attached hydrogens (tertiary/aromatic N) is 3. The maximum atomic E-state index is 9.34. The summed E-state index contributed by atoms with van der Waals surface area (Å²) in [7, 11) is 0. The van der Waals surface area contributed by atoms with E-state index in [0.29, 0.717) is 31.0 Å². The van der Waals surface area contributed by atoms with Crippen LogP contribution >= 0.6 is 0 Å². The summed E-state index contributed by atoms with van der Waals surface area (Å²) < 4.78 is 5.53. The molecule has 0 aliphatic carbocycles. The molecular weight excluding hydrogens is 402 g/mol. The SMILES string of the molecule is CCNC(=NCc1ccc(N2CCC(CO)CC2)cc1)NCC(C(C)C)N1CCOCC1. The highest BCUT2D eigenvalue weighted by Gasteiger charge is 2.24. The molecule has 2 aliphatic heterocycles. The molecule has 3 rings (SSSR count). The lowest BCUT2D eigenvalue weighted by atomic mass is 9.97. The van der Waals surface area contributed by atoms with E-state index in [1.807, 2.05) is 0 Å². The number of anilines is 1. The van der Waals surface area contributed by atoms with Crippen molar-refractivity contribution in [3.8, 4) is 0 Å². The lowest BCUT2D eigenvalue weighted by Crippen LogP contribution is -2.52.